The zero-order valence-electron chi connectivity index (χ0n) is 11.3. The lowest BCUT2D eigenvalue weighted by Crippen LogP contribution is -2.41. The van der Waals surface area contributed by atoms with Crippen molar-refractivity contribution in [1.82, 2.24) is 4.90 Å². The highest BCUT2D eigenvalue weighted by atomic mass is 19.1. The van der Waals surface area contributed by atoms with Crippen LogP contribution in [-0.2, 0) is 0 Å². The van der Waals surface area contributed by atoms with Gasteiger partial charge in [-0.1, -0.05) is 25.1 Å². The van der Waals surface area contributed by atoms with Crippen LogP contribution in [0.2, 0.25) is 0 Å². The molecular formula is C15H23FN2. The average Bonchev–Trinajstić information content (AvgIpc) is 3.14. The molecule has 0 spiro atoms. The molecule has 1 aromatic carbocycles. The molecule has 0 radical (unpaired) electrons. The van der Waals surface area contributed by atoms with E-state index in [1.54, 1.807) is 6.07 Å². The van der Waals surface area contributed by atoms with Crippen LogP contribution in [0.15, 0.2) is 24.3 Å². The molecule has 1 aliphatic carbocycles. The van der Waals surface area contributed by atoms with Gasteiger partial charge in [-0.25, -0.2) is 4.39 Å². The maximum atomic E-state index is 14.0. The normalized spacial score (nSPS) is 18.9. The van der Waals surface area contributed by atoms with Crippen molar-refractivity contribution in [2.24, 2.45) is 5.73 Å². The Morgan fingerprint density at radius 1 is 1.39 bits per heavy atom. The maximum Gasteiger partial charge on any atom is 0.128 e. The lowest BCUT2D eigenvalue weighted by Gasteiger charge is -2.34. The molecule has 100 valence electrons. The van der Waals surface area contributed by atoms with Crippen molar-refractivity contribution in [2.75, 3.05) is 6.54 Å². The highest BCUT2D eigenvalue weighted by Crippen LogP contribution is 2.36. The van der Waals surface area contributed by atoms with Gasteiger partial charge in [0.05, 0.1) is 6.04 Å². The molecule has 0 heterocycles. The van der Waals surface area contributed by atoms with E-state index in [1.807, 2.05) is 19.1 Å². The second kappa shape index (κ2) is 5.81. The fourth-order valence-electron chi connectivity index (χ4n) is 2.69. The van der Waals surface area contributed by atoms with Crippen molar-refractivity contribution in [3.05, 3.63) is 35.6 Å². The number of benzene rings is 1. The molecule has 2 rings (SSSR count). The van der Waals surface area contributed by atoms with Crippen LogP contribution < -0.4 is 5.73 Å². The average molecular weight is 250 g/mol. The molecule has 0 amide bonds. The fraction of sp³-hybridized carbons (Fsp3) is 0.600. The van der Waals surface area contributed by atoms with Gasteiger partial charge in [0.15, 0.2) is 0 Å². The first kappa shape index (κ1) is 13.5. The highest BCUT2D eigenvalue weighted by Gasteiger charge is 2.36. The molecule has 3 heteroatoms. The van der Waals surface area contributed by atoms with E-state index in [0.29, 0.717) is 6.04 Å². The van der Waals surface area contributed by atoms with Gasteiger partial charge in [0.1, 0.15) is 5.82 Å². The van der Waals surface area contributed by atoms with E-state index in [-0.39, 0.29) is 17.9 Å². The molecule has 1 saturated carbocycles. The van der Waals surface area contributed by atoms with Crippen LogP contribution in [0.4, 0.5) is 4.39 Å². The molecule has 0 bridgehead atoms. The van der Waals surface area contributed by atoms with Gasteiger partial charge in [0, 0.05) is 17.6 Å². The Labute approximate surface area is 109 Å². The van der Waals surface area contributed by atoms with Gasteiger partial charge in [-0.3, -0.25) is 4.90 Å². The molecule has 2 unspecified atom stereocenters. The number of hydrogen-bond acceptors (Lipinski definition) is 2. The van der Waals surface area contributed by atoms with Crippen LogP contribution in [-0.4, -0.2) is 23.5 Å². The van der Waals surface area contributed by atoms with Crippen LogP contribution >= 0.6 is 0 Å². The van der Waals surface area contributed by atoms with E-state index < -0.39 is 0 Å². The van der Waals surface area contributed by atoms with E-state index in [2.05, 4.69) is 11.8 Å². The summed E-state index contributed by atoms with van der Waals surface area (Å²) in [6.45, 7) is 5.13. The summed E-state index contributed by atoms with van der Waals surface area (Å²) in [5.41, 5.74) is 6.87. The lowest BCUT2D eigenvalue weighted by molar-refractivity contribution is 0.163. The van der Waals surface area contributed by atoms with Gasteiger partial charge < -0.3 is 5.73 Å². The van der Waals surface area contributed by atoms with Crippen LogP contribution in [0.1, 0.15) is 44.7 Å². The first-order valence-electron chi connectivity index (χ1n) is 6.91. The Hall–Kier alpha value is -0.930. The van der Waals surface area contributed by atoms with Crippen molar-refractivity contribution in [3.8, 4) is 0 Å². The number of halogens is 1. The first-order chi connectivity index (χ1) is 8.65. The van der Waals surface area contributed by atoms with Crippen molar-refractivity contribution in [3.63, 3.8) is 0 Å². The third kappa shape index (κ3) is 2.90. The molecular weight excluding hydrogens is 227 g/mol. The van der Waals surface area contributed by atoms with E-state index in [9.17, 15) is 4.39 Å². The first-order valence-corrected chi connectivity index (χ1v) is 6.91. The summed E-state index contributed by atoms with van der Waals surface area (Å²) < 4.78 is 14.0. The van der Waals surface area contributed by atoms with Gasteiger partial charge in [0.2, 0.25) is 0 Å². The molecule has 0 saturated heterocycles. The second-order valence-corrected chi connectivity index (χ2v) is 5.29. The van der Waals surface area contributed by atoms with Gasteiger partial charge in [-0.15, -0.1) is 0 Å². The minimum atomic E-state index is -0.137. The van der Waals surface area contributed by atoms with Gasteiger partial charge >= 0.3 is 0 Å². The van der Waals surface area contributed by atoms with Crippen LogP contribution in [0.3, 0.4) is 0 Å². The van der Waals surface area contributed by atoms with Crippen molar-refractivity contribution in [2.45, 2.75) is 51.2 Å². The van der Waals surface area contributed by atoms with Crippen LogP contribution in [0.5, 0.6) is 0 Å². The molecule has 0 aliphatic heterocycles. The zero-order chi connectivity index (χ0) is 13.1. The Bertz CT molecular complexity index is 388. The molecule has 1 aromatic rings. The molecule has 2 atom stereocenters. The SMILES string of the molecule is CCCN(C1CC1)C(c1ccccc1F)C(C)N. The van der Waals surface area contributed by atoms with Crippen molar-refractivity contribution in [1.29, 1.82) is 0 Å². The fourth-order valence-corrected chi connectivity index (χ4v) is 2.69. The number of nitrogens with zero attached hydrogens (tertiary/aromatic N) is 1. The van der Waals surface area contributed by atoms with E-state index in [0.717, 1.165) is 18.5 Å². The quantitative estimate of drug-likeness (QED) is 0.840. The van der Waals surface area contributed by atoms with E-state index in [1.165, 1.54) is 18.9 Å². The van der Waals surface area contributed by atoms with Gasteiger partial charge in [0.25, 0.3) is 0 Å². The Balaban J connectivity index is 2.29. The van der Waals surface area contributed by atoms with Gasteiger partial charge in [-0.2, -0.15) is 0 Å². The van der Waals surface area contributed by atoms with E-state index >= 15 is 0 Å². The predicted molar refractivity (Wildman–Crippen MR) is 72.8 cm³/mol. The summed E-state index contributed by atoms with van der Waals surface area (Å²) in [5.74, 6) is -0.137. The third-order valence-corrected chi connectivity index (χ3v) is 3.58. The minimum Gasteiger partial charge on any atom is -0.326 e. The molecule has 18 heavy (non-hydrogen) atoms. The van der Waals surface area contributed by atoms with Crippen LogP contribution in [0.25, 0.3) is 0 Å². The predicted octanol–water partition coefficient (Wildman–Crippen LogP) is 3.09. The number of hydrogen-bond donors (Lipinski definition) is 1. The van der Waals surface area contributed by atoms with E-state index in [4.69, 9.17) is 5.73 Å². The standard InChI is InChI=1S/C15H23FN2/c1-3-10-18(12-8-9-12)15(11(2)17)13-6-4-5-7-14(13)16/h4-7,11-12,15H,3,8-10,17H2,1-2H3. The number of rotatable bonds is 6. The summed E-state index contributed by atoms with van der Waals surface area (Å²) in [6.07, 6.45) is 3.52. The maximum absolute atomic E-state index is 14.0. The smallest absolute Gasteiger partial charge is 0.128 e. The Kier molecular flexibility index (Phi) is 4.36. The summed E-state index contributed by atoms with van der Waals surface area (Å²) >= 11 is 0. The minimum absolute atomic E-state index is 0.00125. The largest absolute Gasteiger partial charge is 0.326 e. The van der Waals surface area contributed by atoms with Crippen LogP contribution in [0, 0.1) is 5.82 Å². The zero-order valence-corrected chi connectivity index (χ0v) is 11.3. The van der Waals surface area contributed by atoms with Gasteiger partial charge in [-0.05, 0) is 38.8 Å². The summed E-state index contributed by atoms with van der Waals surface area (Å²) in [4.78, 5) is 2.39. The monoisotopic (exact) mass is 250 g/mol. The topological polar surface area (TPSA) is 29.3 Å². The summed E-state index contributed by atoms with van der Waals surface area (Å²) in [7, 11) is 0. The Morgan fingerprint density at radius 2 is 2.06 bits per heavy atom. The molecule has 2 nitrogen and oxygen atoms in total. The third-order valence-electron chi connectivity index (χ3n) is 3.58. The van der Waals surface area contributed by atoms with Crippen molar-refractivity contribution < 1.29 is 4.39 Å². The Morgan fingerprint density at radius 3 is 2.56 bits per heavy atom. The summed E-state index contributed by atoms with van der Waals surface area (Å²) in [6, 6.07) is 7.56. The molecule has 1 aliphatic rings. The molecule has 0 aromatic heterocycles. The molecule has 1 fully saturated rings. The lowest BCUT2D eigenvalue weighted by atomic mass is 9.98. The van der Waals surface area contributed by atoms with Crippen molar-refractivity contribution >= 4 is 0 Å². The molecule has 2 N–H and O–H groups in total. The highest BCUT2D eigenvalue weighted by molar-refractivity contribution is 5.23. The second-order valence-electron chi connectivity index (χ2n) is 5.29. The summed E-state index contributed by atoms with van der Waals surface area (Å²) in [5, 5.41) is 0. The number of nitrogens with two attached hydrogens (primary N) is 1.